The van der Waals surface area contributed by atoms with Crippen molar-refractivity contribution in [2.75, 3.05) is 9.80 Å². The van der Waals surface area contributed by atoms with E-state index in [0.29, 0.717) is 17.8 Å². The largest absolute Gasteiger partial charge is 0.335 e. The van der Waals surface area contributed by atoms with Gasteiger partial charge in [0.15, 0.2) is 0 Å². The second-order valence-corrected chi connectivity index (χ2v) is 15.4. The second-order valence-electron chi connectivity index (χ2n) is 15.4. The molecule has 1 heterocycles. The molecule has 3 nitrogen and oxygen atoms in total. The second kappa shape index (κ2) is 12.6. The van der Waals surface area contributed by atoms with Crippen molar-refractivity contribution in [3.05, 3.63) is 205 Å². The summed E-state index contributed by atoms with van der Waals surface area (Å²) in [5.41, 5.74) is 10.7. The molecule has 5 aromatic rings. The molecule has 52 heavy (non-hydrogen) atoms. The first-order valence-electron chi connectivity index (χ1n) is 19.2. The van der Waals surface area contributed by atoms with Gasteiger partial charge in [0.05, 0.1) is 5.54 Å². The lowest BCUT2D eigenvalue weighted by Crippen LogP contribution is -2.40. The molecule has 0 spiro atoms. The number of allylic oxidation sites excluding steroid dienone is 8. The predicted octanol–water partition coefficient (Wildman–Crippen LogP) is 11.5. The van der Waals surface area contributed by atoms with Crippen LogP contribution in [0.2, 0.25) is 0 Å². The zero-order valence-electron chi connectivity index (χ0n) is 29.6. The molecular formula is C49H45N3. The molecule has 256 valence electrons. The third-order valence-electron chi connectivity index (χ3n) is 12.5. The van der Waals surface area contributed by atoms with Gasteiger partial charge in [0.25, 0.3) is 0 Å². The van der Waals surface area contributed by atoms with Gasteiger partial charge in [-0.05, 0) is 117 Å². The molecule has 0 radical (unpaired) electrons. The van der Waals surface area contributed by atoms with Crippen molar-refractivity contribution in [1.29, 1.82) is 0 Å². The van der Waals surface area contributed by atoms with Gasteiger partial charge >= 0.3 is 0 Å². The lowest BCUT2D eigenvalue weighted by atomic mass is 9.79. The van der Waals surface area contributed by atoms with Gasteiger partial charge in [-0.25, -0.2) is 0 Å². The van der Waals surface area contributed by atoms with E-state index in [4.69, 9.17) is 0 Å². The number of hydrogen-bond donors (Lipinski definition) is 0. The maximum Gasteiger partial charge on any atom is 0.0521 e. The van der Waals surface area contributed by atoms with E-state index in [1.54, 1.807) is 0 Å². The Morgan fingerprint density at radius 2 is 1.31 bits per heavy atom. The zero-order chi connectivity index (χ0) is 34.5. The van der Waals surface area contributed by atoms with Crippen molar-refractivity contribution in [2.24, 2.45) is 23.2 Å². The number of rotatable bonds is 8. The standard InChI is InChI=1S/C49H45N3/c1-2-16-30-49(34-39(49)19-7-1)52(43-27-14-6-15-28-43)44-33-47(51(41-23-10-4-11-24-41)42-25-12-5-13-26-42)45-36-48(45,35-44)38-20-17-18-37-29-31-50(46(37)32-38)40-21-8-3-9-22-40/h1-17,20-29,31,33,35,38-39,45H,18-19,30,32,34,36H2/b7-1-,16-2-. The molecule has 0 aliphatic heterocycles. The van der Waals surface area contributed by atoms with Gasteiger partial charge in [-0.15, -0.1) is 0 Å². The highest BCUT2D eigenvalue weighted by Gasteiger charge is 2.63. The molecule has 3 heteroatoms. The molecule has 5 aliphatic carbocycles. The number of hydrogen-bond acceptors (Lipinski definition) is 2. The molecule has 10 rings (SSSR count). The van der Waals surface area contributed by atoms with E-state index in [2.05, 4.69) is 197 Å². The van der Waals surface area contributed by atoms with Crippen molar-refractivity contribution in [1.82, 2.24) is 4.57 Å². The number of para-hydroxylation sites is 4. The summed E-state index contributed by atoms with van der Waals surface area (Å²) in [6.07, 6.45) is 28.4. The molecule has 0 saturated heterocycles. The van der Waals surface area contributed by atoms with Crippen molar-refractivity contribution < 1.29 is 0 Å². The van der Waals surface area contributed by atoms with Crippen LogP contribution in [0.15, 0.2) is 194 Å². The van der Waals surface area contributed by atoms with E-state index in [1.807, 2.05) is 0 Å². The molecule has 5 unspecified atom stereocenters. The molecule has 4 aromatic carbocycles. The number of benzene rings is 4. The SMILES string of the molecule is C1=CC(C23C=C(N(c4ccccc4)C45C/C=C\C=C/CC4C5)C=C(N(c4ccccc4)c4ccccc4)C2C3)Cc2c(ccn2-c2ccccc2)C1. The fraction of sp³-hybridized carbons (Fsp3) is 0.224. The minimum Gasteiger partial charge on any atom is -0.335 e. The third kappa shape index (κ3) is 5.25. The van der Waals surface area contributed by atoms with Gasteiger partial charge in [-0.3, -0.25) is 0 Å². The molecule has 0 N–H and O–H groups in total. The number of aromatic nitrogens is 1. The van der Waals surface area contributed by atoms with Gasteiger partial charge in [0, 0.05) is 57.4 Å². The summed E-state index contributed by atoms with van der Waals surface area (Å²) in [6, 6.07) is 46.6. The quantitative estimate of drug-likeness (QED) is 0.152. The van der Waals surface area contributed by atoms with Crippen molar-refractivity contribution >= 4 is 17.1 Å². The highest BCUT2D eigenvalue weighted by atomic mass is 15.3. The van der Waals surface area contributed by atoms with Crippen LogP contribution in [0, 0.1) is 23.2 Å². The smallest absolute Gasteiger partial charge is 0.0521 e. The molecule has 0 bridgehead atoms. The van der Waals surface area contributed by atoms with Crippen LogP contribution in [0.3, 0.4) is 0 Å². The molecule has 5 atom stereocenters. The van der Waals surface area contributed by atoms with E-state index >= 15 is 0 Å². The van der Waals surface area contributed by atoms with E-state index in [-0.39, 0.29) is 11.0 Å². The summed E-state index contributed by atoms with van der Waals surface area (Å²) in [7, 11) is 0. The minimum atomic E-state index is -0.00343. The summed E-state index contributed by atoms with van der Waals surface area (Å²) in [5, 5.41) is 0. The van der Waals surface area contributed by atoms with Crippen molar-refractivity contribution in [3.8, 4) is 5.69 Å². The van der Waals surface area contributed by atoms with Gasteiger partial charge < -0.3 is 14.4 Å². The van der Waals surface area contributed by atoms with Crippen molar-refractivity contribution in [3.63, 3.8) is 0 Å². The van der Waals surface area contributed by atoms with Crippen LogP contribution < -0.4 is 9.80 Å². The van der Waals surface area contributed by atoms with Crippen LogP contribution in [-0.4, -0.2) is 10.1 Å². The van der Waals surface area contributed by atoms with Crippen LogP contribution in [0.5, 0.6) is 0 Å². The summed E-state index contributed by atoms with van der Waals surface area (Å²) < 4.78 is 2.45. The zero-order valence-corrected chi connectivity index (χ0v) is 29.6. The lowest BCUT2D eigenvalue weighted by Gasteiger charge is -2.41. The fourth-order valence-corrected chi connectivity index (χ4v) is 9.82. The molecule has 2 saturated carbocycles. The van der Waals surface area contributed by atoms with Crippen molar-refractivity contribution in [2.45, 2.75) is 44.1 Å². The van der Waals surface area contributed by atoms with Gasteiger partial charge in [0.1, 0.15) is 0 Å². The number of anilines is 3. The topological polar surface area (TPSA) is 11.4 Å². The lowest BCUT2D eigenvalue weighted by molar-refractivity contribution is 0.414. The first-order chi connectivity index (χ1) is 25.7. The van der Waals surface area contributed by atoms with Crippen LogP contribution in [0.4, 0.5) is 17.1 Å². The van der Waals surface area contributed by atoms with Crippen LogP contribution in [0.1, 0.15) is 36.9 Å². The predicted molar refractivity (Wildman–Crippen MR) is 215 cm³/mol. The van der Waals surface area contributed by atoms with Gasteiger partial charge in [-0.1, -0.05) is 115 Å². The summed E-state index contributed by atoms with van der Waals surface area (Å²) in [6.45, 7) is 0. The minimum absolute atomic E-state index is 0.00343. The Morgan fingerprint density at radius 1 is 0.654 bits per heavy atom. The summed E-state index contributed by atoms with van der Waals surface area (Å²) in [4.78, 5) is 5.33. The normalized spacial score (nSPS) is 28.0. The molecular weight excluding hydrogens is 631 g/mol. The highest BCUT2D eigenvalue weighted by molar-refractivity contribution is 5.73. The Morgan fingerprint density at radius 3 is 2.02 bits per heavy atom. The molecule has 0 amide bonds. The first-order valence-corrected chi connectivity index (χ1v) is 19.2. The maximum atomic E-state index is 2.77. The maximum absolute atomic E-state index is 2.77. The van der Waals surface area contributed by atoms with Crippen LogP contribution >= 0.6 is 0 Å². The molecule has 1 aromatic heterocycles. The Balaban J connectivity index is 1.15. The van der Waals surface area contributed by atoms with Crippen LogP contribution in [-0.2, 0) is 12.8 Å². The number of fused-ring (bicyclic) bond motifs is 3. The Labute approximate surface area is 308 Å². The van der Waals surface area contributed by atoms with Gasteiger partial charge in [0.2, 0.25) is 0 Å². The number of nitrogens with zero attached hydrogens (tertiary/aromatic N) is 3. The van der Waals surface area contributed by atoms with E-state index in [1.165, 1.54) is 51.8 Å². The van der Waals surface area contributed by atoms with E-state index in [0.717, 1.165) is 32.1 Å². The molecule has 2 fully saturated rings. The van der Waals surface area contributed by atoms with Gasteiger partial charge in [-0.2, -0.15) is 0 Å². The van der Waals surface area contributed by atoms with Crippen LogP contribution in [0.25, 0.3) is 5.69 Å². The van der Waals surface area contributed by atoms with E-state index < -0.39 is 0 Å². The fourth-order valence-electron chi connectivity index (χ4n) is 9.82. The Kier molecular flexibility index (Phi) is 7.56. The first kappa shape index (κ1) is 31.2. The Hall–Kier alpha value is -5.54. The summed E-state index contributed by atoms with van der Waals surface area (Å²) >= 11 is 0. The summed E-state index contributed by atoms with van der Waals surface area (Å²) in [5.74, 6) is 1.39. The third-order valence-corrected chi connectivity index (χ3v) is 12.5. The molecule has 5 aliphatic rings. The highest BCUT2D eigenvalue weighted by Crippen LogP contribution is 2.68. The Bertz CT molecular complexity index is 2190. The average Bonchev–Trinajstić information content (AvgIpc) is 4.07. The van der Waals surface area contributed by atoms with E-state index in [9.17, 15) is 0 Å². The average molecular weight is 676 g/mol. The monoisotopic (exact) mass is 675 g/mol.